The summed E-state index contributed by atoms with van der Waals surface area (Å²) in [6, 6.07) is 10.6. The molecule has 2 nitrogen and oxygen atoms in total. The van der Waals surface area contributed by atoms with Crippen molar-refractivity contribution in [3.63, 3.8) is 0 Å². The molecule has 1 heterocycles. The van der Waals surface area contributed by atoms with Crippen LogP contribution in [-0.4, -0.2) is 6.61 Å². The Morgan fingerprint density at radius 2 is 2.05 bits per heavy atom. The first-order chi connectivity index (χ1) is 9.63. The average Bonchev–Trinajstić information content (AvgIpc) is 2.87. The summed E-state index contributed by atoms with van der Waals surface area (Å²) in [7, 11) is 0. The third-order valence-corrected chi connectivity index (χ3v) is 4.57. The van der Waals surface area contributed by atoms with Crippen LogP contribution < -0.4 is 10.1 Å². The number of nitrogens with one attached hydrogen (secondary N) is 1. The van der Waals surface area contributed by atoms with E-state index in [4.69, 9.17) is 4.74 Å². The SMILES string of the molecule is Cc1ccc(Br)c(NCc2cc(Br)cc3c2OCC3)c1. The van der Waals surface area contributed by atoms with E-state index in [0.29, 0.717) is 0 Å². The highest BCUT2D eigenvalue weighted by Crippen LogP contribution is 2.34. The quantitative estimate of drug-likeness (QED) is 0.782. The lowest BCUT2D eigenvalue weighted by molar-refractivity contribution is 0.354. The summed E-state index contributed by atoms with van der Waals surface area (Å²) >= 11 is 7.15. The van der Waals surface area contributed by atoms with Gasteiger partial charge in [0.1, 0.15) is 5.75 Å². The molecule has 1 aliphatic rings. The fourth-order valence-electron chi connectivity index (χ4n) is 2.44. The number of rotatable bonds is 3. The first-order valence-corrected chi connectivity index (χ1v) is 8.16. The maximum atomic E-state index is 5.75. The average molecular weight is 397 g/mol. The number of hydrogen-bond acceptors (Lipinski definition) is 2. The Labute approximate surface area is 135 Å². The summed E-state index contributed by atoms with van der Waals surface area (Å²) in [5, 5.41) is 3.48. The van der Waals surface area contributed by atoms with Gasteiger partial charge in [-0.15, -0.1) is 0 Å². The Morgan fingerprint density at radius 3 is 2.90 bits per heavy atom. The van der Waals surface area contributed by atoms with Crippen LogP contribution in [0.3, 0.4) is 0 Å². The van der Waals surface area contributed by atoms with Crippen molar-refractivity contribution in [3.8, 4) is 5.75 Å². The second kappa shape index (κ2) is 5.78. The van der Waals surface area contributed by atoms with Gasteiger partial charge in [0.15, 0.2) is 0 Å². The third kappa shape index (κ3) is 2.86. The van der Waals surface area contributed by atoms with E-state index in [1.807, 2.05) is 0 Å². The highest BCUT2D eigenvalue weighted by Gasteiger charge is 2.17. The van der Waals surface area contributed by atoms with Crippen molar-refractivity contribution in [2.75, 3.05) is 11.9 Å². The number of anilines is 1. The van der Waals surface area contributed by atoms with Gasteiger partial charge in [-0.25, -0.2) is 0 Å². The molecule has 20 heavy (non-hydrogen) atoms. The lowest BCUT2D eigenvalue weighted by Gasteiger charge is -2.13. The van der Waals surface area contributed by atoms with Gasteiger partial charge in [-0.2, -0.15) is 0 Å². The minimum atomic E-state index is 0.754. The van der Waals surface area contributed by atoms with Crippen LogP contribution in [0, 0.1) is 6.92 Å². The number of ether oxygens (including phenoxy) is 1. The lowest BCUT2D eigenvalue weighted by Crippen LogP contribution is -2.02. The molecule has 0 saturated carbocycles. The highest BCUT2D eigenvalue weighted by molar-refractivity contribution is 9.10. The molecule has 1 N–H and O–H groups in total. The fourth-order valence-corrected chi connectivity index (χ4v) is 3.38. The molecule has 0 spiro atoms. The Bertz CT molecular complexity index is 655. The third-order valence-electron chi connectivity index (χ3n) is 3.42. The summed E-state index contributed by atoms with van der Waals surface area (Å²) in [6.45, 7) is 3.63. The molecule has 1 aliphatic heterocycles. The van der Waals surface area contributed by atoms with E-state index in [2.05, 4.69) is 74.4 Å². The van der Waals surface area contributed by atoms with Crippen LogP contribution in [-0.2, 0) is 13.0 Å². The van der Waals surface area contributed by atoms with E-state index in [1.54, 1.807) is 0 Å². The van der Waals surface area contributed by atoms with Gasteiger partial charge in [0.05, 0.1) is 6.61 Å². The maximum Gasteiger partial charge on any atom is 0.127 e. The van der Waals surface area contributed by atoms with Crippen molar-refractivity contribution < 1.29 is 4.74 Å². The molecule has 0 fully saturated rings. The highest BCUT2D eigenvalue weighted by atomic mass is 79.9. The van der Waals surface area contributed by atoms with Crippen molar-refractivity contribution in [2.45, 2.75) is 19.9 Å². The van der Waals surface area contributed by atoms with E-state index in [1.165, 1.54) is 16.7 Å². The molecule has 0 saturated heterocycles. The van der Waals surface area contributed by atoms with Gasteiger partial charge < -0.3 is 10.1 Å². The van der Waals surface area contributed by atoms with E-state index in [-0.39, 0.29) is 0 Å². The maximum absolute atomic E-state index is 5.75. The number of benzene rings is 2. The van der Waals surface area contributed by atoms with Crippen molar-refractivity contribution in [1.82, 2.24) is 0 Å². The molecule has 0 aromatic heterocycles. The van der Waals surface area contributed by atoms with Gasteiger partial charge in [0.2, 0.25) is 0 Å². The summed E-state index contributed by atoms with van der Waals surface area (Å²) in [4.78, 5) is 0. The van der Waals surface area contributed by atoms with Gasteiger partial charge in [-0.3, -0.25) is 0 Å². The molecule has 3 rings (SSSR count). The number of aryl methyl sites for hydroxylation is 1. The topological polar surface area (TPSA) is 21.3 Å². The van der Waals surface area contributed by atoms with Crippen LogP contribution in [0.4, 0.5) is 5.69 Å². The molecule has 0 amide bonds. The molecule has 2 aromatic carbocycles. The summed E-state index contributed by atoms with van der Waals surface area (Å²) in [5.41, 5.74) is 4.84. The number of hydrogen-bond donors (Lipinski definition) is 1. The lowest BCUT2D eigenvalue weighted by atomic mass is 10.1. The molecule has 0 unspecified atom stereocenters. The second-order valence-electron chi connectivity index (χ2n) is 4.99. The smallest absolute Gasteiger partial charge is 0.127 e. The molecular weight excluding hydrogens is 382 g/mol. The summed E-state index contributed by atoms with van der Waals surface area (Å²) in [6.07, 6.45) is 0.996. The molecule has 0 atom stereocenters. The van der Waals surface area contributed by atoms with Gasteiger partial charge in [-0.05, 0) is 58.2 Å². The van der Waals surface area contributed by atoms with Crippen molar-refractivity contribution in [3.05, 3.63) is 56.0 Å². The van der Waals surface area contributed by atoms with Crippen LogP contribution in [0.25, 0.3) is 0 Å². The largest absolute Gasteiger partial charge is 0.493 e. The van der Waals surface area contributed by atoms with Crippen molar-refractivity contribution in [1.29, 1.82) is 0 Å². The zero-order valence-corrected chi connectivity index (χ0v) is 14.3. The summed E-state index contributed by atoms with van der Waals surface area (Å²) < 4.78 is 7.95. The van der Waals surface area contributed by atoms with Crippen LogP contribution in [0.5, 0.6) is 5.75 Å². The van der Waals surface area contributed by atoms with Crippen molar-refractivity contribution >= 4 is 37.5 Å². The molecule has 2 aromatic rings. The number of fused-ring (bicyclic) bond motifs is 1. The first kappa shape index (κ1) is 14.0. The molecule has 4 heteroatoms. The van der Waals surface area contributed by atoms with Gasteiger partial charge in [0.25, 0.3) is 0 Å². The van der Waals surface area contributed by atoms with E-state index in [9.17, 15) is 0 Å². The molecule has 0 aliphatic carbocycles. The summed E-state index contributed by atoms with van der Waals surface area (Å²) in [5.74, 6) is 1.05. The Hall–Kier alpha value is -1.00. The van der Waals surface area contributed by atoms with Crippen LogP contribution >= 0.6 is 31.9 Å². The zero-order chi connectivity index (χ0) is 14.1. The first-order valence-electron chi connectivity index (χ1n) is 6.57. The second-order valence-corrected chi connectivity index (χ2v) is 6.76. The minimum absolute atomic E-state index is 0.754. The predicted octanol–water partition coefficient (Wildman–Crippen LogP) is 5.07. The van der Waals surface area contributed by atoms with Crippen molar-refractivity contribution in [2.24, 2.45) is 0 Å². The fraction of sp³-hybridized carbons (Fsp3) is 0.250. The normalized spacial score (nSPS) is 12.9. The van der Waals surface area contributed by atoms with Gasteiger partial charge in [-0.1, -0.05) is 22.0 Å². The standard InChI is InChI=1S/C16H15Br2NO/c1-10-2-3-14(18)15(6-10)19-9-12-8-13(17)7-11-4-5-20-16(11)12/h2-3,6-8,19H,4-5,9H2,1H3. The van der Waals surface area contributed by atoms with E-state index >= 15 is 0 Å². The van der Waals surface area contributed by atoms with Gasteiger partial charge >= 0.3 is 0 Å². The van der Waals surface area contributed by atoms with Crippen LogP contribution in [0.2, 0.25) is 0 Å². The van der Waals surface area contributed by atoms with E-state index in [0.717, 1.165) is 40.0 Å². The Morgan fingerprint density at radius 1 is 1.20 bits per heavy atom. The predicted molar refractivity (Wildman–Crippen MR) is 89.5 cm³/mol. The van der Waals surface area contributed by atoms with E-state index < -0.39 is 0 Å². The zero-order valence-electron chi connectivity index (χ0n) is 11.2. The monoisotopic (exact) mass is 395 g/mol. The molecular formula is C16H15Br2NO. The Kier molecular flexibility index (Phi) is 4.03. The Balaban J connectivity index is 1.84. The van der Waals surface area contributed by atoms with Gasteiger partial charge in [0, 0.05) is 33.2 Å². The number of halogens is 2. The van der Waals surface area contributed by atoms with Crippen LogP contribution in [0.15, 0.2) is 39.3 Å². The molecule has 0 radical (unpaired) electrons. The van der Waals surface area contributed by atoms with Crippen LogP contribution in [0.1, 0.15) is 16.7 Å². The minimum Gasteiger partial charge on any atom is -0.493 e. The molecule has 0 bridgehead atoms. The molecule has 104 valence electrons.